The first-order valence-corrected chi connectivity index (χ1v) is 36.6. The fourth-order valence-electron chi connectivity index (χ4n) is 13.4. The second kappa shape index (κ2) is 34.2. The summed E-state index contributed by atoms with van der Waals surface area (Å²) in [4.78, 5) is 145. The van der Waals surface area contributed by atoms with Crippen molar-refractivity contribution in [1.29, 1.82) is 0 Å². The van der Waals surface area contributed by atoms with E-state index in [1.807, 2.05) is 0 Å². The molecule has 7 aliphatic heterocycles. The van der Waals surface area contributed by atoms with E-state index in [1.165, 1.54) is 13.8 Å². The Kier molecular flexibility index (Phi) is 25.8. The third-order valence-corrected chi connectivity index (χ3v) is 19.5. The maximum atomic E-state index is 16.2. The number of carbonyl (C=O) groups excluding carboxylic acids is 9. The van der Waals surface area contributed by atoms with Gasteiger partial charge in [0, 0.05) is 29.2 Å². The summed E-state index contributed by atoms with van der Waals surface area (Å²) in [6, 6.07) is -2.22. The van der Waals surface area contributed by atoms with Gasteiger partial charge < -0.3 is 137 Å². The number of hydrogen-bond acceptors (Lipinski definition) is 27. The van der Waals surface area contributed by atoms with Crippen molar-refractivity contribution in [3.05, 3.63) is 117 Å². The van der Waals surface area contributed by atoms with Crippen LogP contribution in [0.3, 0.4) is 0 Å². The second-order valence-corrected chi connectivity index (χ2v) is 31.4. The normalized spacial score (nSPS) is 27.6. The van der Waals surface area contributed by atoms with E-state index in [9.17, 15) is 79.8 Å². The molecular weight excluding hydrogens is 1550 g/mol. The number of phenols is 3. The quantitative estimate of drug-likeness (QED) is 0.0760. The van der Waals surface area contributed by atoms with Crippen LogP contribution < -0.4 is 62.5 Å². The van der Waals surface area contributed by atoms with Crippen molar-refractivity contribution >= 4 is 82.7 Å². The molecule has 0 aromatic heterocycles. The SMILES string of the molecule is CC(C)C[C@@H](NC(=O)OC(C)(C)C)C(=O)N[C@H]1C(=O)N[C@@H](CC(N)=O)C(=O)N[C@H]2C(=O)N[C@H]3C(=O)N[C@H](C(=O)N[C@H](C(=O)O)c4cc(O)cc(O)c4-c4cc3ccc4O)[C@H](O)c3ccc(c(Cl)c3)Oc3cc2cc(c3OC2OC(CO)C(O)C(O)C2OC2CC(C)(NC(=O)OC(C)(C)C)C(O)C(C)O2)Oc2ccc(cc2Cl)[C@H]1O. The minimum absolute atomic E-state index is 0.106. The second-order valence-electron chi connectivity index (χ2n) is 30.6. The highest BCUT2D eigenvalue weighted by molar-refractivity contribution is 6.32. The number of nitrogens with one attached hydrogen (secondary N) is 8. The van der Waals surface area contributed by atoms with E-state index in [0.29, 0.717) is 0 Å². The van der Waals surface area contributed by atoms with Crippen molar-refractivity contribution in [2.24, 2.45) is 11.7 Å². The molecule has 2 saturated heterocycles. The number of aliphatic hydroxyl groups is 6. The number of aliphatic hydroxyl groups excluding tert-OH is 6. The average Bonchev–Trinajstić information content (AvgIpc) is 0.763. The number of halogens is 2. The van der Waals surface area contributed by atoms with Gasteiger partial charge in [0.05, 0.1) is 34.7 Å². The Morgan fingerprint density at radius 3 is 1.82 bits per heavy atom. The predicted octanol–water partition coefficient (Wildman–Crippen LogP) is 2.98. The molecule has 0 radical (unpaired) electrons. The van der Waals surface area contributed by atoms with Crippen LogP contribution >= 0.6 is 23.2 Å². The van der Waals surface area contributed by atoms with E-state index in [2.05, 4.69) is 42.5 Å². The van der Waals surface area contributed by atoms with E-state index in [4.69, 9.17) is 66.8 Å². The number of carboxylic acids is 1. The lowest BCUT2D eigenvalue weighted by Crippen LogP contribution is -2.66. The molecule has 5 aromatic carbocycles. The Morgan fingerprint density at radius 2 is 1.25 bits per heavy atom. The maximum Gasteiger partial charge on any atom is 0.408 e. The number of fused-ring (bicyclic) bond motifs is 15. The number of hydrogen-bond donors (Lipinski definition) is 19. The summed E-state index contributed by atoms with van der Waals surface area (Å²) in [5.41, 5.74) is -1.14. The minimum Gasteiger partial charge on any atom is -0.508 e. The summed E-state index contributed by atoms with van der Waals surface area (Å²) in [5, 5.41) is 134. The van der Waals surface area contributed by atoms with Gasteiger partial charge in [0.1, 0.15) is 113 Å². The molecule has 114 heavy (non-hydrogen) atoms. The van der Waals surface area contributed by atoms with Gasteiger partial charge in [-0.3, -0.25) is 33.6 Å². The molecule has 9 unspecified atom stereocenters. The Balaban J connectivity index is 1.22. The van der Waals surface area contributed by atoms with Gasteiger partial charge in [-0.15, -0.1) is 0 Å². The molecule has 11 bridgehead atoms. The lowest BCUT2D eigenvalue weighted by atomic mass is 9.85. The van der Waals surface area contributed by atoms with E-state index in [0.717, 1.165) is 78.9 Å². The summed E-state index contributed by atoms with van der Waals surface area (Å²) in [6.07, 6.45) is -22.5. The van der Waals surface area contributed by atoms with Crippen LogP contribution in [-0.4, -0.2) is 207 Å². The summed E-state index contributed by atoms with van der Waals surface area (Å²) in [6.45, 7) is 14.7. The molecule has 18 atom stereocenters. The molecule has 9 amide bonds. The average molecular weight is 1640 g/mol. The molecule has 20 N–H and O–H groups in total. The lowest BCUT2D eigenvalue weighted by molar-refractivity contribution is -0.334. The number of rotatable bonds is 14. The van der Waals surface area contributed by atoms with Gasteiger partial charge in [-0.1, -0.05) is 55.2 Å². The lowest BCUT2D eigenvalue weighted by Gasteiger charge is -2.48. The number of aliphatic carboxylic acids is 1. The topological polar surface area (TPSA) is 569 Å². The number of primary amides is 1. The van der Waals surface area contributed by atoms with Gasteiger partial charge in [0.2, 0.25) is 53.4 Å². The Morgan fingerprint density at radius 1 is 0.667 bits per heavy atom. The van der Waals surface area contributed by atoms with E-state index < -0.39 is 283 Å². The third kappa shape index (κ3) is 19.6. The highest BCUT2D eigenvalue weighted by Crippen LogP contribution is 2.50. The van der Waals surface area contributed by atoms with Crippen molar-refractivity contribution in [2.45, 2.75) is 209 Å². The van der Waals surface area contributed by atoms with Crippen LogP contribution in [-0.2, 0) is 62.0 Å². The Bertz CT molecular complexity index is 4580. The molecule has 39 heteroatoms. The van der Waals surface area contributed by atoms with E-state index in [-0.39, 0.29) is 23.5 Å². The molecule has 12 rings (SSSR count). The van der Waals surface area contributed by atoms with Crippen LogP contribution in [0.15, 0.2) is 78.9 Å². The molecule has 7 aliphatic rings. The largest absolute Gasteiger partial charge is 0.508 e. The molecule has 5 aromatic rings. The molecular formula is C75H89Cl2N9O28. The summed E-state index contributed by atoms with van der Waals surface area (Å²) in [7, 11) is 0. The predicted molar refractivity (Wildman–Crippen MR) is 395 cm³/mol. The maximum absolute atomic E-state index is 16.2. The highest BCUT2D eigenvalue weighted by atomic mass is 35.5. The number of nitrogens with two attached hydrogens (primary N) is 1. The first kappa shape index (κ1) is 85.8. The number of ether oxygens (including phenoxy) is 8. The minimum atomic E-state index is -2.43. The summed E-state index contributed by atoms with van der Waals surface area (Å²) < 4.78 is 49.7. The highest BCUT2D eigenvalue weighted by Gasteiger charge is 2.53. The first-order valence-electron chi connectivity index (χ1n) is 35.8. The number of amides is 9. The van der Waals surface area contributed by atoms with Crippen molar-refractivity contribution in [3.63, 3.8) is 0 Å². The number of benzene rings is 5. The number of carboxylic acid groups (broad SMARTS) is 1. The zero-order valence-electron chi connectivity index (χ0n) is 62.9. The third-order valence-electron chi connectivity index (χ3n) is 18.9. The summed E-state index contributed by atoms with van der Waals surface area (Å²) in [5.74, 6) is -17.4. The zero-order chi connectivity index (χ0) is 83.8. The van der Waals surface area contributed by atoms with Gasteiger partial charge >= 0.3 is 18.2 Å². The summed E-state index contributed by atoms with van der Waals surface area (Å²) >= 11 is 14.2. The molecule has 37 nitrogen and oxygen atoms in total. The van der Waals surface area contributed by atoms with Crippen LogP contribution in [0.2, 0.25) is 10.0 Å². The van der Waals surface area contributed by atoms with Gasteiger partial charge in [-0.2, -0.15) is 0 Å². The van der Waals surface area contributed by atoms with Crippen LogP contribution in [0.4, 0.5) is 9.59 Å². The smallest absolute Gasteiger partial charge is 0.408 e. The molecule has 7 heterocycles. The number of phenolic OH excluding ortho intramolecular Hbond substituents is 3. The van der Waals surface area contributed by atoms with Crippen molar-refractivity contribution in [1.82, 2.24) is 42.5 Å². The first-order chi connectivity index (χ1) is 53.3. The zero-order valence-corrected chi connectivity index (χ0v) is 64.4. The Labute approximate surface area is 660 Å². The van der Waals surface area contributed by atoms with Crippen LogP contribution in [0, 0.1) is 5.92 Å². The van der Waals surface area contributed by atoms with Gasteiger partial charge in [-0.25, -0.2) is 14.4 Å². The van der Waals surface area contributed by atoms with Crippen molar-refractivity contribution < 1.29 is 137 Å². The monoisotopic (exact) mass is 1630 g/mol. The van der Waals surface area contributed by atoms with E-state index in [1.54, 1.807) is 55.4 Å². The number of carbonyl (C=O) groups is 10. The molecule has 0 saturated carbocycles. The number of alkyl carbamates (subject to hydrolysis) is 2. The van der Waals surface area contributed by atoms with Gasteiger partial charge in [-0.05, 0) is 145 Å². The van der Waals surface area contributed by atoms with Crippen LogP contribution in [0.1, 0.15) is 147 Å². The standard InChI is InChI=1S/C75H89Cl2N9O28/c1-28(2)17-39(80-71(105)113-73(4,5)6)63(97)84-54-56(92)31-12-15-43(37(76)19-31)108-45-21-33-22-46(60(45)112-70-61(59(95)58(94)47(27-87)110-70)111-49-26-75(10,62(96)29(3)107-49)86-72(106)114-74(7,8)9)109-44-16-13-32(20-38(44)77)57(93)55-68(102)83-53(69(103)104)36-23-34(88)24-42(90)50(36)35-18-30(11-14-41(35)89)51(65(99)85-55)82-66(100)52(33)81-64(98)40(25-48(78)91)79-67(54)101/h11-16,18-24,28-29,39-40,47,49,51-59,61-62,70,87-90,92-96H,17,25-27H2,1-10H3,(H2,78,91)(H,79,101)(H,80,105)(H,81,98)(H,82,100)(H,83,102)(H,84,97)(H,85,99)(H,86,106)(H,103,104)/t29?,39-,40+,47?,49?,51-,52-,53+,54-,55+,56-,57-,58?,59?,61?,62?,70?,75?/m1/s1. The fourth-order valence-corrected chi connectivity index (χ4v) is 13.9. The van der Waals surface area contributed by atoms with Gasteiger partial charge in [0.15, 0.2) is 29.9 Å². The molecule has 0 aliphatic carbocycles. The van der Waals surface area contributed by atoms with Crippen molar-refractivity contribution in [3.8, 4) is 57.1 Å². The van der Waals surface area contributed by atoms with Crippen molar-refractivity contribution in [2.75, 3.05) is 6.61 Å². The number of aromatic hydroxyl groups is 3. The Hall–Kier alpha value is -10.6. The van der Waals surface area contributed by atoms with Crippen LogP contribution in [0.25, 0.3) is 11.1 Å². The van der Waals surface area contributed by atoms with E-state index >= 15 is 19.2 Å². The molecule has 616 valence electrons. The molecule has 2 fully saturated rings. The van der Waals surface area contributed by atoms with Crippen LogP contribution in [0.5, 0.6) is 46.0 Å². The fraction of sp³-hybridized carbons (Fsp3) is 0.467. The van der Waals surface area contributed by atoms with Gasteiger partial charge in [0.25, 0.3) is 0 Å². The molecule has 0 spiro atoms.